The topological polar surface area (TPSA) is 24.5 Å². The highest BCUT2D eigenvalue weighted by Gasteiger charge is 2.24. The lowest BCUT2D eigenvalue weighted by Gasteiger charge is -2.38. The Bertz CT molecular complexity index is 419. The molecule has 1 N–H and O–H groups in total. The van der Waals surface area contributed by atoms with Crippen LogP contribution in [0.2, 0.25) is 0 Å². The van der Waals surface area contributed by atoms with Crippen molar-refractivity contribution in [3.8, 4) is 5.75 Å². The molecule has 0 bridgehead atoms. The van der Waals surface area contributed by atoms with E-state index in [9.17, 15) is 0 Å². The number of methoxy groups -OCH3 is 1. The second-order valence-electron chi connectivity index (χ2n) is 5.54. The number of nitrogens with zero attached hydrogens (tertiary/aromatic N) is 1. The third-order valence-electron chi connectivity index (χ3n) is 4.28. The summed E-state index contributed by atoms with van der Waals surface area (Å²) in [6.07, 6.45) is 1.23. The fourth-order valence-corrected chi connectivity index (χ4v) is 2.77. The van der Waals surface area contributed by atoms with Crippen molar-refractivity contribution >= 4 is 5.69 Å². The van der Waals surface area contributed by atoms with Crippen LogP contribution in [0, 0.1) is 12.8 Å². The number of ether oxygens (including phenoxy) is 1. The maximum Gasteiger partial charge on any atom is 0.119 e. The van der Waals surface area contributed by atoms with Crippen LogP contribution in [0.5, 0.6) is 5.75 Å². The lowest BCUT2D eigenvalue weighted by molar-refractivity contribution is 0.341. The molecule has 0 amide bonds. The van der Waals surface area contributed by atoms with Gasteiger partial charge in [-0.05, 0) is 36.6 Å². The summed E-state index contributed by atoms with van der Waals surface area (Å²) in [6.45, 7) is 10.0. The van der Waals surface area contributed by atoms with Gasteiger partial charge in [-0.15, -0.1) is 0 Å². The maximum atomic E-state index is 5.28. The molecule has 1 fully saturated rings. The third kappa shape index (κ3) is 3.21. The Hall–Kier alpha value is -1.22. The molecule has 1 heterocycles. The number of nitrogens with one attached hydrogen (secondary N) is 1. The van der Waals surface area contributed by atoms with Gasteiger partial charge in [-0.2, -0.15) is 0 Å². The molecule has 0 radical (unpaired) electrons. The third-order valence-corrected chi connectivity index (χ3v) is 4.28. The Morgan fingerprint density at radius 2 is 2.26 bits per heavy atom. The second-order valence-corrected chi connectivity index (χ2v) is 5.54. The van der Waals surface area contributed by atoms with Crippen molar-refractivity contribution < 1.29 is 4.74 Å². The Balaban J connectivity index is 2.13. The van der Waals surface area contributed by atoms with E-state index in [1.807, 2.05) is 0 Å². The summed E-state index contributed by atoms with van der Waals surface area (Å²) in [5, 5.41) is 3.65. The van der Waals surface area contributed by atoms with Crippen molar-refractivity contribution in [3.63, 3.8) is 0 Å². The van der Waals surface area contributed by atoms with Crippen molar-refractivity contribution in [1.29, 1.82) is 0 Å². The summed E-state index contributed by atoms with van der Waals surface area (Å²) >= 11 is 0. The van der Waals surface area contributed by atoms with Gasteiger partial charge in [0.15, 0.2) is 0 Å². The Kier molecular flexibility index (Phi) is 4.70. The number of benzene rings is 1. The predicted molar refractivity (Wildman–Crippen MR) is 81.2 cm³/mol. The van der Waals surface area contributed by atoms with E-state index in [0.717, 1.165) is 31.3 Å². The van der Waals surface area contributed by atoms with E-state index in [0.29, 0.717) is 6.04 Å². The van der Waals surface area contributed by atoms with Crippen molar-refractivity contribution in [1.82, 2.24) is 5.32 Å². The van der Waals surface area contributed by atoms with Gasteiger partial charge in [0.05, 0.1) is 7.11 Å². The van der Waals surface area contributed by atoms with E-state index in [2.05, 4.69) is 49.2 Å². The molecule has 1 aromatic rings. The average Bonchev–Trinajstić information content (AvgIpc) is 2.46. The Morgan fingerprint density at radius 3 is 2.89 bits per heavy atom. The van der Waals surface area contributed by atoms with Gasteiger partial charge in [0, 0.05) is 31.4 Å². The van der Waals surface area contributed by atoms with E-state index in [4.69, 9.17) is 4.74 Å². The summed E-state index contributed by atoms with van der Waals surface area (Å²) in [5.41, 5.74) is 2.64. The molecule has 19 heavy (non-hydrogen) atoms. The van der Waals surface area contributed by atoms with E-state index >= 15 is 0 Å². The van der Waals surface area contributed by atoms with Crippen LogP contribution in [0.4, 0.5) is 5.69 Å². The molecule has 0 aliphatic carbocycles. The minimum absolute atomic E-state index is 0.597. The van der Waals surface area contributed by atoms with Crippen LogP contribution < -0.4 is 15.0 Å². The first-order chi connectivity index (χ1) is 9.15. The molecular weight excluding hydrogens is 236 g/mol. The van der Waals surface area contributed by atoms with Gasteiger partial charge in [-0.25, -0.2) is 0 Å². The fraction of sp³-hybridized carbons (Fsp3) is 0.625. The van der Waals surface area contributed by atoms with E-state index in [1.165, 1.54) is 17.7 Å². The van der Waals surface area contributed by atoms with E-state index in [-0.39, 0.29) is 0 Å². The smallest absolute Gasteiger partial charge is 0.119 e. The fourth-order valence-electron chi connectivity index (χ4n) is 2.77. The zero-order chi connectivity index (χ0) is 13.8. The van der Waals surface area contributed by atoms with Gasteiger partial charge < -0.3 is 15.0 Å². The summed E-state index contributed by atoms with van der Waals surface area (Å²) in [6, 6.07) is 6.96. The molecule has 2 rings (SSSR count). The van der Waals surface area contributed by atoms with E-state index in [1.54, 1.807) is 7.11 Å². The first kappa shape index (κ1) is 14.2. The highest BCUT2D eigenvalue weighted by atomic mass is 16.5. The molecule has 1 aromatic carbocycles. The van der Waals surface area contributed by atoms with Crippen LogP contribution in [-0.4, -0.2) is 32.8 Å². The predicted octanol–water partition coefficient (Wildman–Crippen LogP) is 2.83. The first-order valence-electron chi connectivity index (χ1n) is 7.28. The molecule has 1 saturated heterocycles. The van der Waals surface area contributed by atoms with Crippen LogP contribution in [0.15, 0.2) is 18.2 Å². The Morgan fingerprint density at radius 1 is 1.47 bits per heavy atom. The number of anilines is 1. The van der Waals surface area contributed by atoms with Crippen molar-refractivity contribution in [2.45, 2.75) is 33.2 Å². The van der Waals surface area contributed by atoms with Crippen molar-refractivity contribution in [2.75, 3.05) is 31.6 Å². The normalized spacial score (nSPS) is 21.3. The van der Waals surface area contributed by atoms with Gasteiger partial charge in [0.25, 0.3) is 0 Å². The van der Waals surface area contributed by atoms with Crippen molar-refractivity contribution in [2.24, 2.45) is 5.92 Å². The van der Waals surface area contributed by atoms with Gasteiger partial charge in [-0.1, -0.05) is 20.3 Å². The van der Waals surface area contributed by atoms with Gasteiger partial charge >= 0.3 is 0 Å². The molecule has 0 spiro atoms. The standard InChI is InChI=1S/C16H26N2O/c1-5-12(2)15-11-18(9-8-17-15)16-7-6-14(19-4)10-13(16)3/h6-7,10,12,15,17H,5,8-9,11H2,1-4H3. The van der Waals surface area contributed by atoms with Crippen LogP contribution in [0.25, 0.3) is 0 Å². The number of rotatable bonds is 4. The quantitative estimate of drug-likeness (QED) is 0.903. The van der Waals surface area contributed by atoms with Gasteiger partial charge in [-0.3, -0.25) is 0 Å². The number of hydrogen-bond acceptors (Lipinski definition) is 3. The second kappa shape index (κ2) is 6.29. The molecule has 3 nitrogen and oxygen atoms in total. The molecule has 106 valence electrons. The molecule has 0 saturated carbocycles. The number of aryl methyl sites for hydroxylation is 1. The average molecular weight is 262 g/mol. The van der Waals surface area contributed by atoms with Gasteiger partial charge in [0.1, 0.15) is 5.75 Å². The number of piperazine rings is 1. The zero-order valence-corrected chi connectivity index (χ0v) is 12.6. The lowest BCUT2D eigenvalue weighted by Crippen LogP contribution is -2.53. The number of hydrogen-bond donors (Lipinski definition) is 1. The molecule has 0 aromatic heterocycles. The van der Waals surface area contributed by atoms with Crippen LogP contribution in [-0.2, 0) is 0 Å². The minimum Gasteiger partial charge on any atom is -0.497 e. The minimum atomic E-state index is 0.597. The SMILES string of the molecule is CCC(C)C1CN(c2ccc(OC)cc2C)CCN1. The van der Waals surface area contributed by atoms with E-state index < -0.39 is 0 Å². The van der Waals surface area contributed by atoms with Crippen LogP contribution >= 0.6 is 0 Å². The molecule has 3 heteroatoms. The zero-order valence-electron chi connectivity index (χ0n) is 12.6. The summed E-state index contributed by atoms with van der Waals surface area (Å²) < 4.78 is 5.28. The highest BCUT2D eigenvalue weighted by molar-refractivity contribution is 5.56. The lowest BCUT2D eigenvalue weighted by atomic mass is 9.96. The highest BCUT2D eigenvalue weighted by Crippen LogP contribution is 2.26. The van der Waals surface area contributed by atoms with Crippen molar-refractivity contribution in [3.05, 3.63) is 23.8 Å². The molecule has 2 atom stereocenters. The largest absolute Gasteiger partial charge is 0.497 e. The van der Waals surface area contributed by atoms with Crippen LogP contribution in [0.1, 0.15) is 25.8 Å². The molecule has 2 unspecified atom stereocenters. The first-order valence-corrected chi connectivity index (χ1v) is 7.28. The molecule has 1 aliphatic rings. The Labute approximate surface area is 116 Å². The molecular formula is C16H26N2O. The monoisotopic (exact) mass is 262 g/mol. The molecule has 1 aliphatic heterocycles. The summed E-state index contributed by atoms with van der Waals surface area (Å²) in [5.74, 6) is 1.66. The van der Waals surface area contributed by atoms with Crippen LogP contribution in [0.3, 0.4) is 0 Å². The van der Waals surface area contributed by atoms with Gasteiger partial charge in [0.2, 0.25) is 0 Å². The summed E-state index contributed by atoms with van der Waals surface area (Å²) in [4.78, 5) is 2.50. The maximum absolute atomic E-state index is 5.28. The summed E-state index contributed by atoms with van der Waals surface area (Å²) in [7, 11) is 1.72.